The lowest BCUT2D eigenvalue weighted by Crippen LogP contribution is -2.46. The molecule has 0 aromatic heterocycles. The fourth-order valence-corrected chi connectivity index (χ4v) is 3.28. The first-order valence-electron chi connectivity index (χ1n) is 9.27. The Balaban J connectivity index is 1.47. The lowest BCUT2D eigenvalue weighted by molar-refractivity contribution is -0.117. The van der Waals surface area contributed by atoms with Gasteiger partial charge in [0.1, 0.15) is 11.6 Å². The summed E-state index contributed by atoms with van der Waals surface area (Å²) in [4.78, 5) is 26.7. The van der Waals surface area contributed by atoms with Gasteiger partial charge in [0.15, 0.2) is 0 Å². The SMILES string of the molecule is COc1ccc(F)cc1C(=O)NC1CCN(CC(=O)Nc2ccccc2)CC1. The summed E-state index contributed by atoms with van der Waals surface area (Å²) in [6, 6.07) is 13.2. The number of benzene rings is 2. The van der Waals surface area contributed by atoms with Gasteiger partial charge in [0.05, 0.1) is 19.2 Å². The Morgan fingerprint density at radius 1 is 1.14 bits per heavy atom. The summed E-state index contributed by atoms with van der Waals surface area (Å²) in [5, 5.41) is 5.81. The molecule has 1 fully saturated rings. The Morgan fingerprint density at radius 3 is 2.54 bits per heavy atom. The number of rotatable bonds is 6. The molecule has 2 amide bonds. The summed E-state index contributed by atoms with van der Waals surface area (Å²) >= 11 is 0. The molecule has 1 aliphatic rings. The normalized spacial score (nSPS) is 15.1. The molecule has 0 aliphatic carbocycles. The number of amides is 2. The molecular weight excluding hydrogens is 361 g/mol. The highest BCUT2D eigenvalue weighted by Crippen LogP contribution is 2.20. The van der Waals surface area contributed by atoms with E-state index in [0.29, 0.717) is 25.4 Å². The van der Waals surface area contributed by atoms with Crippen LogP contribution in [0.15, 0.2) is 48.5 Å². The van der Waals surface area contributed by atoms with Crippen LogP contribution in [0.25, 0.3) is 0 Å². The molecule has 0 spiro atoms. The van der Waals surface area contributed by atoms with Crippen molar-refractivity contribution in [3.8, 4) is 5.75 Å². The van der Waals surface area contributed by atoms with Crippen molar-refractivity contribution >= 4 is 17.5 Å². The van der Waals surface area contributed by atoms with Crippen LogP contribution < -0.4 is 15.4 Å². The van der Waals surface area contributed by atoms with Crippen LogP contribution in [0.2, 0.25) is 0 Å². The van der Waals surface area contributed by atoms with Crippen molar-refractivity contribution in [2.75, 3.05) is 32.1 Å². The van der Waals surface area contributed by atoms with Gasteiger partial charge in [-0.1, -0.05) is 18.2 Å². The third kappa shape index (κ3) is 5.29. The van der Waals surface area contributed by atoms with E-state index in [4.69, 9.17) is 4.74 Å². The first kappa shape index (κ1) is 19.8. The molecule has 3 rings (SSSR count). The van der Waals surface area contributed by atoms with Crippen molar-refractivity contribution in [2.24, 2.45) is 0 Å². The number of halogens is 1. The number of piperidine rings is 1. The Kier molecular flexibility index (Phi) is 6.60. The zero-order chi connectivity index (χ0) is 19.9. The Labute approximate surface area is 163 Å². The average molecular weight is 385 g/mol. The number of ether oxygens (including phenoxy) is 1. The number of carbonyl (C=O) groups excluding carboxylic acids is 2. The summed E-state index contributed by atoms with van der Waals surface area (Å²) in [5.41, 5.74) is 0.964. The maximum atomic E-state index is 13.5. The van der Waals surface area contributed by atoms with Gasteiger partial charge in [-0.2, -0.15) is 0 Å². The molecule has 0 radical (unpaired) electrons. The van der Waals surface area contributed by atoms with Crippen molar-refractivity contribution in [2.45, 2.75) is 18.9 Å². The molecule has 0 atom stereocenters. The minimum Gasteiger partial charge on any atom is -0.496 e. The van der Waals surface area contributed by atoms with Gasteiger partial charge in [-0.15, -0.1) is 0 Å². The number of hydrogen-bond donors (Lipinski definition) is 2. The fourth-order valence-electron chi connectivity index (χ4n) is 3.28. The standard InChI is InChI=1S/C21H24FN3O3/c1-28-19-8-7-15(22)13-18(19)21(27)24-17-9-11-25(12-10-17)14-20(26)23-16-5-3-2-4-6-16/h2-8,13,17H,9-12,14H2,1H3,(H,23,26)(H,24,27). The third-order valence-corrected chi connectivity index (χ3v) is 4.75. The van der Waals surface area contributed by atoms with E-state index in [1.165, 1.54) is 25.3 Å². The van der Waals surface area contributed by atoms with Crippen LogP contribution in [0.4, 0.5) is 10.1 Å². The fraction of sp³-hybridized carbons (Fsp3) is 0.333. The molecule has 2 N–H and O–H groups in total. The van der Waals surface area contributed by atoms with Crippen LogP contribution >= 0.6 is 0 Å². The smallest absolute Gasteiger partial charge is 0.255 e. The number of carbonyl (C=O) groups is 2. The van der Waals surface area contributed by atoms with E-state index in [-0.39, 0.29) is 23.4 Å². The first-order chi connectivity index (χ1) is 13.5. The second-order valence-electron chi connectivity index (χ2n) is 6.78. The van der Waals surface area contributed by atoms with E-state index in [1.807, 2.05) is 30.3 Å². The van der Waals surface area contributed by atoms with Crippen molar-refractivity contribution in [1.29, 1.82) is 0 Å². The zero-order valence-corrected chi connectivity index (χ0v) is 15.8. The zero-order valence-electron chi connectivity index (χ0n) is 15.8. The maximum Gasteiger partial charge on any atom is 0.255 e. The van der Waals surface area contributed by atoms with E-state index in [0.717, 1.165) is 18.5 Å². The van der Waals surface area contributed by atoms with Gasteiger partial charge < -0.3 is 15.4 Å². The Bertz CT molecular complexity index is 821. The van der Waals surface area contributed by atoms with E-state index < -0.39 is 5.82 Å². The number of para-hydroxylation sites is 1. The lowest BCUT2D eigenvalue weighted by Gasteiger charge is -2.32. The topological polar surface area (TPSA) is 70.7 Å². The number of likely N-dealkylation sites (tertiary alicyclic amines) is 1. The van der Waals surface area contributed by atoms with Gasteiger partial charge in [0.2, 0.25) is 5.91 Å². The van der Waals surface area contributed by atoms with Crippen molar-refractivity contribution in [3.05, 3.63) is 59.9 Å². The largest absolute Gasteiger partial charge is 0.496 e. The molecule has 148 valence electrons. The lowest BCUT2D eigenvalue weighted by atomic mass is 10.0. The summed E-state index contributed by atoms with van der Waals surface area (Å²) in [7, 11) is 1.45. The molecule has 0 bridgehead atoms. The van der Waals surface area contributed by atoms with Gasteiger partial charge in [-0.3, -0.25) is 14.5 Å². The Hall–Kier alpha value is -2.93. The first-order valence-corrected chi connectivity index (χ1v) is 9.27. The second kappa shape index (κ2) is 9.32. The highest BCUT2D eigenvalue weighted by molar-refractivity contribution is 5.97. The molecule has 6 nitrogen and oxygen atoms in total. The second-order valence-corrected chi connectivity index (χ2v) is 6.78. The number of nitrogens with zero attached hydrogens (tertiary/aromatic N) is 1. The van der Waals surface area contributed by atoms with Gasteiger partial charge in [-0.25, -0.2) is 4.39 Å². The summed E-state index contributed by atoms with van der Waals surface area (Å²) in [6.45, 7) is 1.72. The summed E-state index contributed by atoms with van der Waals surface area (Å²) in [5.74, 6) is -0.547. The molecule has 1 saturated heterocycles. The van der Waals surface area contributed by atoms with E-state index in [9.17, 15) is 14.0 Å². The average Bonchev–Trinajstić information content (AvgIpc) is 2.70. The molecule has 7 heteroatoms. The minimum absolute atomic E-state index is 0.0195. The number of hydrogen-bond acceptors (Lipinski definition) is 4. The van der Waals surface area contributed by atoms with E-state index >= 15 is 0 Å². The van der Waals surface area contributed by atoms with Gasteiger partial charge >= 0.3 is 0 Å². The molecule has 1 aliphatic heterocycles. The highest BCUT2D eigenvalue weighted by Gasteiger charge is 2.23. The number of methoxy groups -OCH3 is 1. The molecule has 1 heterocycles. The van der Waals surface area contributed by atoms with Crippen LogP contribution in [-0.2, 0) is 4.79 Å². The van der Waals surface area contributed by atoms with E-state index in [2.05, 4.69) is 15.5 Å². The maximum absolute atomic E-state index is 13.5. The summed E-state index contributed by atoms with van der Waals surface area (Å²) < 4.78 is 18.6. The van der Waals surface area contributed by atoms with Crippen molar-refractivity contribution < 1.29 is 18.7 Å². The van der Waals surface area contributed by atoms with Gasteiger partial charge in [0, 0.05) is 24.8 Å². The van der Waals surface area contributed by atoms with Crippen LogP contribution in [0.1, 0.15) is 23.2 Å². The number of nitrogens with one attached hydrogen (secondary N) is 2. The molecule has 2 aromatic carbocycles. The van der Waals surface area contributed by atoms with Crippen LogP contribution in [-0.4, -0.2) is 49.5 Å². The number of anilines is 1. The van der Waals surface area contributed by atoms with Gasteiger partial charge in [0.25, 0.3) is 5.91 Å². The van der Waals surface area contributed by atoms with Gasteiger partial charge in [-0.05, 0) is 43.2 Å². The molecule has 0 saturated carbocycles. The third-order valence-electron chi connectivity index (χ3n) is 4.75. The predicted octanol–water partition coefficient (Wildman–Crippen LogP) is 2.67. The highest BCUT2D eigenvalue weighted by atomic mass is 19.1. The van der Waals surface area contributed by atoms with Crippen molar-refractivity contribution in [3.63, 3.8) is 0 Å². The predicted molar refractivity (Wildman–Crippen MR) is 105 cm³/mol. The summed E-state index contributed by atoms with van der Waals surface area (Å²) in [6.07, 6.45) is 1.45. The van der Waals surface area contributed by atoms with Crippen LogP contribution in [0.3, 0.4) is 0 Å². The van der Waals surface area contributed by atoms with Crippen LogP contribution in [0, 0.1) is 5.82 Å². The quantitative estimate of drug-likeness (QED) is 0.802. The monoisotopic (exact) mass is 385 g/mol. The van der Waals surface area contributed by atoms with E-state index in [1.54, 1.807) is 0 Å². The van der Waals surface area contributed by atoms with Crippen molar-refractivity contribution in [1.82, 2.24) is 10.2 Å². The Morgan fingerprint density at radius 2 is 1.86 bits per heavy atom. The molecule has 0 unspecified atom stereocenters. The molecule has 28 heavy (non-hydrogen) atoms. The molecule has 2 aromatic rings. The van der Waals surface area contributed by atoms with Crippen LogP contribution in [0.5, 0.6) is 5.75 Å². The molecular formula is C21H24FN3O3. The minimum atomic E-state index is -0.481.